The first-order valence-electron chi connectivity index (χ1n) is 12.5. The molecule has 0 radical (unpaired) electrons. The zero-order chi connectivity index (χ0) is 23.2. The van der Waals surface area contributed by atoms with Gasteiger partial charge in [0.1, 0.15) is 0 Å². The quantitative estimate of drug-likeness (QED) is 0.448. The van der Waals surface area contributed by atoms with Crippen LogP contribution in [0.1, 0.15) is 73.9 Å². The fraction of sp³-hybridized carbons (Fsp3) is 0.464. The number of carbonyl (C=O) groups is 1. The summed E-state index contributed by atoms with van der Waals surface area (Å²) in [5, 5.41) is 6.75. The third-order valence-corrected chi connectivity index (χ3v) is 7.84. The van der Waals surface area contributed by atoms with Crippen LogP contribution in [0.3, 0.4) is 0 Å². The molecular weight excluding hydrogens is 426 g/mol. The number of aryl methyl sites for hydroxylation is 1. The van der Waals surface area contributed by atoms with Crippen molar-refractivity contribution in [3.05, 3.63) is 59.2 Å². The van der Waals surface area contributed by atoms with Gasteiger partial charge in [0, 0.05) is 45.7 Å². The van der Waals surface area contributed by atoms with Crippen molar-refractivity contribution in [2.75, 3.05) is 25.0 Å². The van der Waals surface area contributed by atoms with Crippen LogP contribution in [0.5, 0.6) is 0 Å². The second-order valence-electron chi connectivity index (χ2n) is 9.17. The van der Waals surface area contributed by atoms with E-state index in [0.29, 0.717) is 5.56 Å². The molecule has 2 aliphatic heterocycles. The number of nitrogens with one attached hydrogen (secondary N) is 2. The zero-order valence-corrected chi connectivity index (χ0v) is 21.1. The molecule has 1 fully saturated rings. The number of likely N-dealkylation sites (tertiary alicyclic amines) is 1. The molecule has 5 heteroatoms. The van der Waals surface area contributed by atoms with Gasteiger partial charge in [0.05, 0.1) is 5.69 Å². The summed E-state index contributed by atoms with van der Waals surface area (Å²) in [6.07, 6.45) is 9.39. The molecule has 0 spiro atoms. The van der Waals surface area contributed by atoms with E-state index in [4.69, 9.17) is 0 Å². The third kappa shape index (κ3) is 5.82. The van der Waals surface area contributed by atoms with Gasteiger partial charge in [-0.1, -0.05) is 49.7 Å². The molecule has 4 nitrogen and oxygen atoms in total. The maximum atomic E-state index is 12.9. The standard InChI is InChI=1S/C28H37N3OS/c1-4-9-24-23-18-20(3)11-13-26(23)33-27-14-12-21(19-25(27)30-24)28(32)29-15-8-17-31-16-7-6-10-22(31)5-2/h9,11-14,18-19,22,30H,4-8,10,15-17H2,1-3H3,(H,29,32). The Morgan fingerprint density at radius 2 is 2.03 bits per heavy atom. The number of rotatable bonds is 7. The van der Waals surface area contributed by atoms with Crippen LogP contribution < -0.4 is 10.6 Å². The highest BCUT2D eigenvalue weighted by molar-refractivity contribution is 7.99. The van der Waals surface area contributed by atoms with Gasteiger partial charge in [-0.05, 0) is 75.9 Å². The first-order chi connectivity index (χ1) is 16.1. The smallest absolute Gasteiger partial charge is 0.251 e. The molecule has 1 atom stereocenters. The lowest BCUT2D eigenvalue weighted by Gasteiger charge is -2.35. The lowest BCUT2D eigenvalue weighted by atomic mass is 10.00. The Kier molecular flexibility index (Phi) is 8.15. The van der Waals surface area contributed by atoms with Crippen LogP contribution in [0, 0.1) is 6.92 Å². The van der Waals surface area contributed by atoms with Crippen LogP contribution >= 0.6 is 11.8 Å². The van der Waals surface area contributed by atoms with Crippen molar-refractivity contribution in [1.29, 1.82) is 0 Å². The second-order valence-corrected chi connectivity index (χ2v) is 10.3. The second kappa shape index (κ2) is 11.3. The number of fused-ring (bicyclic) bond motifs is 2. The fourth-order valence-corrected chi connectivity index (χ4v) is 5.91. The van der Waals surface area contributed by atoms with Gasteiger partial charge in [-0.25, -0.2) is 0 Å². The van der Waals surface area contributed by atoms with Gasteiger partial charge < -0.3 is 15.5 Å². The largest absolute Gasteiger partial charge is 0.354 e. The molecular formula is C28H37N3OS. The van der Waals surface area contributed by atoms with Crippen LogP contribution in [0.25, 0.3) is 5.70 Å². The Hall–Kier alpha value is -2.24. The fourth-order valence-electron chi connectivity index (χ4n) is 4.90. The molecule has 2 aromatic rings. The SMILES string of the molecule is CCC=C1Nc2cc(C(=O)NCCCN3CCCCC3CC)ccc2Sc2ccc(C)cc21. The van der Waals surface area contributed by atoms with Gasteiger partial charge in [-0.3, -0.25) is 4.79 Å². The van der Waals surface area contributed by atoms with Crippen molar-refractivity contribution in [2.45, 2.75) is 75.1 Å². The number of anilines is 1. The number of benzene rings is 2. The molecule has 2 aromatic carbocycles. The van der Waals surface area contributed by atoms with E-state index >= 15 is 0 Å². The molecule has 1 saturated heterocycles. The van der Waals surface area contributed by atoms with Gasteiger partial charge >= 0.3 is 0 Å². The van der Waals surface area contributed by atoms with E-state index in [2.05, 4.69) is 66.6 Å². The van der Waals surface area contributed by atoms with Gasteiger partial charge in [-0.15, -0.1) is 0 Å². The van der Waals surface area contributed by atoms with Crippen molar-refractivity contribution in [3.8, 4) is 0 Å². The number of hydrogen-bond donors (Lipinski definition) is 2. The van der Waals surface area contributed by atoms with Crippen molar-refractivity contribution in [2.24, 2.45) is 0 Å². The Labute approximate surface area is 203 Å². The van der Waals surface area contributed by atoms with E-state index in [1.165, 1.54) is 48.3 Å². The minimum absolute atomic E-state index is 0.00825. The highest BCUT2D eigenvalue weighted by Gasteiger charge is 2.21. The minimum atomic E-state index is 0.00825. The van der Waals surface area contributed by atoms with E-state index < -0.39 is 0 Å². The zero-order valence-electron chi connectivity index (χ0n) is 20.2. The van der Waals surface area contributed by atoms with E-state index in [1.807, 2.05) is 12.1 Å². The molecule has 176 valence electrons. The minimum Gasteiger partial charge on any atom is -0.354 e. The number of nitrogens with zero attached hydrogens (tertiary/aromatic N) is 1. The van der Waals surface area contributed by atoms with Crippen LogP contribution in [0.15, 0.2) is 52.3 Å². The summed E-state index contributed by atoms with van der Waals surface area (Å²) < 4.78 is 0. The van der Waals surface area contributed by atoms with Crippen LogP contribution in [0.4, 0.5) is 5.69 Å². The summed E-state index contributed by atoms with van der Waals surface area (Å²) in [5.41, 5.74) is 5.31. The van der Waals surface area contributed by atoms with Gasteiger partial charge in [0.2, 0.25) is 0 Å². The molecule has 0 bridgehead atoms. The summed E-state index contributed by atoms with van der Waals surface area (Å²) >= 11 is 1.76. The van der Waals surface area contributed by atoms with Crippen molar-refractivity contribution in [3.63, 3.8) is 0 Å². The molecule has 2 heterocycles. The number of carbonyl (C=O) groups excluding carboxylic acids is 1. The van der Waals surface area contributed by atoms with Crippen molar-refractivity contribution >= 4 is 29.1 Å². The first kappa shape index (κ1) is 23.9. The topological polar surface area (TPSA) is 44.4 Å². The molecule has 0 aliphatic carbocycles. The summed E-state index contributed by atoms with van der Waals surface area (Å²) in [6.45, 7) is 9.56. The number of allylic oxidation sites excluding steroid dienone is 1. The Morgan fingerprint density at radius 1 is 1.18 bits per heavy atom. The molecule has 33 heavy (non-hydrogen) atoms. The summed E-state index contributed by atoms with van der Waals surface area (Å²) in [5.74, 6) is 0.00825. The highest BCUT2D eigenvalue weighted by atomic mass is 32.2. The summed E-state index contributed by atoms with van der Waals surface area (Å²) in [6, 6.07) is 13.3. The van der Waals surface area contributed by atoms with E-state index in [-0.39, 0.29) is 5.91 Å². The predicted octanol–water partition coefficient (Wildman–Crippen LogP) is 6.71. The predicted molar refractivity (Wildman–Crippen MR) is 140 cm³/mol. The molecule has 4 rings (SSSR count). The van der Waals surface area contributed by atoms with Crippen LogP contribution in [0.2, 0.25) is 0 Å². The number of piperidine rings is 1. The molecule has 2 N–H and O–H groups in total. The Balaban J connectivity index is 1.41. The molecule has 1 amide bonds. The molecule has 0 aromatic heterocycles. The Bertz CT molecular complexity index is 1020. The lowest BCUT2D eigenvalue weighted by Crippen LogP contribution is -2.40. The van der Waals surface area contributed by atoms with Crippen LogP contribution in [-0.4, -0.2) is 36.5 Å². The maximum absolute atomic E-state index is 12.9. The number of amides is 1. The van der Waals surface area contributed by atoms with Crippen LogP contribution in [-0.2, 0) is 0 Å². The third-order valence-electron chi connectivity index (χ3n) is 6.69. The van der Waals surface area contributed by atoms with Crippen molar-refractivity contribution in [1.82, 2.24) is 10.2 Å². The number of hydrogen-bond acceptors (Lipinski definition) is 4. The lowest BCUT2D eigenvalue weighted by molar-refractivity contribution is 0.0947. The van der Waals surface area contributed by atoms with E-state index in [1.54, 1.807) is 11.8 Å². The average molecular weight is 464 g/mol. The summed E-state index contributed by atoms with van der Waals surface area (Å²) in [4.78, 5) is 17.9. The van der Waals surface area contributed by atoms with E-state index in [0.717, 1.165) is 48.3 Å². The molecule has 1 unspecified atom stereocenters. The monoisotopic (exact) mass is 463 g/mol. The average Bonchev–Trinajstić information content (AvgIpc) is 2.98. The van der Waals surface area contributed by atoms with Gasteiger partial charge in [0.15, 0.2) is 0 Å². The van der Waals surface area contributed by atoms with Gasteiger partial charge in [0.25, 0.3) is 5.91 Å². The normalized spacial score (nSPS) is 19.4. The summed E-state index contributed by atoms with van der Waals surface area (Å²) in [7, 11) is 0. The molecule has 0 saturated carbocycles. The first-order valence-corrected chi connectivity index (χ1v) is 13.3. The van der Waals surface area contributed by atoms with Gasteiger partial charge in [-0.2, -0.15) is 0 Å². The maximum Gasteiger partial charge on any atom is 0.251 e. The van der Waals surface area contributed by atoms with E-state index in [9.17, 15) is 4.79 Å². The highest BCUT2D eigenvalue weighted by Crippen LogP contribution is 2.42. The Morgan fingerprint density at radius 3 is 2.85 bits per heavy atom. The van der Waals surface area contributed by atoms with Crippen molar-refractivity contribution < 1.29 is 4.79 Å². The molecule has 2 aliphatic rings.